The molecule has 0 saturated carbocycles. The van der Waals surface area contributed by atoms with Gasteiger partial charge in [0.15, 0.2) is 5.82 Å². The molecule has 0 amide bonds. The number of aromatic nitrogens is 4. The van der Waals surface area contributed by atoms with Crippen LogP contribution in [0.15, 0.2) is 14.3 Å². The summed E-state index contributed by atoms with van der Waals surface area (Å²) in [6.45, 7) is 0. The van der Waals surface area contributed by atoms with Gasteiger partial charge in [-0.3, -0.25) is 0 Å². The molecular weight excluding hydrogens is 308 g/mol. The second-order valence-electron chi connectivity index (χ2n) is 1.98. The van der Waals surface area contributed by atoms with Gasteiger partial charge < -0.3 is 0 Å². The Balaban J connectivity index is 2.55. The SMILES string of the molecule is Brc1csc(-c2nnn[nH]2)c1Br. The van der Waals surface area contributed by atoms with Gasteiger partial charge in [-0.2, -0.15) is 0 Å². The molecular formula is C5H2Br2N4S. The molecule has 0 unspecified atom stereocenters. The molecule has 62 valence electrons. The van der Waals surface area contributed by atoms with Crippen LogP contribution in [0.3, 0.4) is 0 Å². The second-order valence-corrected chi connectivity index (χ2v) is 4.50. The molecule has 7 heteroatoms. The number of H-pyrrole nitrogens is 1. The van der Waals surface area contributed by atoms with Crippen LogP contribution in [0.4, 0.5) is 0 Å². The predicted octanol–water partition coefficient (Wildman–Crippen LogP) is 2.45. The quantitative estimate of drug-likeness (QED) is 0.880. The minimum atomic E-state index is 0.678. The highest BCUT2D eigenvalue weighted by Crippen LogP contribution is 2.37. The standard InChI is InChI=1S/C5H2Br2N4S/c6-2-1-12-4(3(2)7)5-8-10-11-9-5/h1H,(H,8,9,10,11). The van der Waals surface area contributed by atoms with E-state index in [2.05, 4.69) is 52.5 Å². The van der Waals surface area contributed by atoms with Crippen molar-refractivity contribution in [3.05, 3.63) is 14.3 Å². The van der Waals surface area contributed by atoms with Gasteiger partial charge in [0, 0.05) is 9.85 Å². The molecule has 0 radical (unpaired) electrons. The van der Waals surface area contributed by atoms with E-state index in [1.807, 2.05) is 5.38 Å². The fourth-order valence-corrected chi connectivity index (χ4v) is 2.83. The molecule has 0 aliphatic rings. The maximum Gasteiger partial charge on any atom is 0.190 e. The summed E-state index contributed by atoms with van der Waals surface area (Å²) in [6.07, 6.45) is 0. The van der Waals surface area contributed by atoms with Crippen molar-refractivity contribution in [3.8, 4) is 10.7 Å². The van der Waals surface area contributed by atoms with Gasteiger partial charge >= 0.3 is 0 Å². The van der Waals surface area contributed by atoms with E-state index in [4.69, 9.17) is 0 Å². The van der Waals surface area contributed by atoms with Gasteiger partial charge in [0.25, 0.3) is 0 Å². The van der Waals surface area contributed by atoms with Crippen LogP contribution >= 0.6 is 43.2 Å². The number of nitrogens with one attached hydrogen (secondary N) is 1. The predicted molar refractivity (Wildman–Crippen MR) is 52.9 cm³/mol. The lowest BCUT2D eigenvalue weighted by molar-refractivity contribution is 0.881. The van der Waals surface area contributed by atoms with Gasteiger partial charge in [0.05, 0.1) is 9.35 Å². The first-order valence-corrected chi connectivity index (χ1v) is 5.42. The third-order valence-corrected chi connectivity index (χ3v) is 4.78. The normalized spacial score (nSPS) is 10.5. The Morgan fingerprint density at radius 3 is 2.75 bits per heavy atom. The molecule has 0 bridgehead atoms. The lowest BCUT2D eigenvalue weighted by Gasteiger charge is -1.88. The maximum absolute atomic E-state index is 3.80. The fraction of sp³-hybridized carbons (Fsp3) is 0. The van der Waals surface area contributed by atoms with E-state index in [0.29, 0.717) is 5.82 Å². The summed E-state index contributed by atoms with van der Waals surface area (Å²) in [5.41, 5.74) is 0. The first-order chi connectivity index (χ1) is 5.79. The summed E-state index contributed by atoms with van der Waals surface area (Å²) in [5.74, 6) is 0.678. The van der Waals surface area contributed by atoms with E-state index in [9.17, 15) is 0 Å². The van der Waals surface area contributed by atoms with Crippen LogP contribution in [-0.2, 0) is 0 Å². The number of aromatic amines is 1. The molecule has 2 heterocycles. The van der Waals surface area contributed by atoms with E-state index >= 15 is 0 Å². The Bertz CT molecular complexity index is 382. The third-order valence-electron chi connectivity index (χ3n) is 1.25. The van der Waals surface area contributed by atoms with Crippen LogP contribution < -0.4 is 0 Å². The van der Waals surface area contributed by atoms with Crippen molar-refractivity contribution >= 4 is 43.2 Å². The largest absolute Gasteiger partial charge is 0.238 e. The number of thiophene rings is 1. The molecule has 4 nitrogen and oxygen atoms in total. The first kappa shape index (κ1) is 8.33. The zero-order valence-electron chi connectivity index (χ0n) is 5.58. The molecule has 2 rings (SSSR count). The molecule has 0 atom stereocenters. The molecule has 2 aromatic heterocycles. The van der Waals surface area contributed by atoms with Crippen LogP contribution in [0.5, 0.6) is 0 Å². The average Bonchev–Trinajstić information content (AvgIpc) is 2.64. The minimum absolute atomic E-state index is 0.678. The van der Waals surface area contributed by atoms with Gasteiger partial charge in [0.1, 0.15) is 0 Å². The van der Waals surface area contributed by atoms with Crippen molar-refractivity contribution in [3.63, 3.8) is 0 Å². The van der Waals surface area contributed by atoms with Crippen LogP contribution in [0.1, 0.15) is 0 Å². The number of tetrazole rings is 1. The number of rotatable bonds is 1. The lowest BCUT2D eigenvalue weighted by Crippen LogP contribution is -1.76. The van der Waals surface area contributed by atoms with Gasteiger partial charge in [-0.1, -0.05) is 0 Å². The molecule has 12 heavy (non-hydrogen) atoms. The highest BCUT2D eigenvalue weighted by atomic mass is 79.9. The van der Waals surface area contributed by atoms with Crippen LogP contribution in [-0.4, -0.2) is 20.6 Å². The Labute approximate surface area is 88.6 Å². The molecule has 2 aromatic rings. The van der Waals surface area contributed by atoms with E-state index in [1.54, 1.807) is 11.3 Å². The summed E-state index contributed by atoms with van der Waals surface area (Å²) >= 11 is 8.37. The van der Waals surface area contributed by atoms with Gasteiger partial charge in [-0.05, 0) is 42.3 Å². The molecule has 0 aliphatic carbocycles. The molecule has 0 aromatic carbocycles. The van der Waals surface area contributed by atoms with Crippen molar-refractivity contribution in [2.45, 2.75) is 0 Å². The van der Waals surface area contributed by atoms with Crippen LogP contribution in [0, 0.1) is 0 Å². The van der Waals surface area contributed by atoms with Crippen LogP contribution in [0.25, 0.3) is 10.7 Å². The topological polar surface area (TPSA) is 54.5 Å². The van der Waals surface area contributed by atoms with Crippen molar-refractivity contribution in [2.24, 2.45) is 0 Å². The molecule has 0 spiro atoms. The van der Waals surface area contributed by atoms with E-state index in [1.165, 1.54) is 0 Å². The van der Waals surface area contributed by atoms with Gasteiger partial charge in [0.2, 0.25) is 0 Å². The number of hydrogen-bond acceptors (Lipinski definition) is 4. The fourth-order valence-electron chi connectivity index (χ4n) is 0.738. The third kappa shape index (κ3) is 1.32. The second kappa shape index (κ2) is 3.23. The zero-order chi connectivity index (χ0) is 8.55. The highest BCUT2D eigenvalue weighted by Gasteiger charge is 2.11. The van der Waals surface area contributed by atoms with E-state index in [0.717, 1.165) is 13.8 Å². The highest BCUT2D eigenvalue weighted by molar-refractivity contribution is 9.13. The number of hydrogen-bond donors (Lipinski definition) is 1. The summed E-state index contributed by atoms with van der Waals surface area (Å²) < 4.78 is 1.99. The smallest absolute Gasteiger partial charge is 0.190 e. The monoisotopic (exact) mass is 308 g/mol. The average molecular weight is 310 g/mol. The maximum atomic E-state index is 3.80. The molecule has 0 saturated heterocycles. The summed E-state index contributed by atoms with van der Waals surface area (Å²) in [7, 11) is 0. The van der Waals surface area contributed by atoms with E-state index in [-0.39, 0.29) is 0 Å². The number of halogens is 2. The Hall–Kier alpha value is -0.270. The molecule has 0 fully saturated rings. The van der Waals surface area contributed by atoms with Gasteiger partial charge in [-0.15, -0.1) is 16.4 Å². The van der Waals surface area contributed by atoms with Crippen molar-refractivity contribution in [1.82, 2.24) is 20.6 Å². The summed E-state index contributed by atoms with van der Waals surface area (Å²) in [6, 6.07) is 0. The zero-order valence-corrected chi connectivity index (χ0v) is 9.57. The first-order valence-electron chi connectivity index (χ1n) is 2.95. The van der Waals surface area contributed by atoms with Crippen molar-refractivity contribution in [2.75, 3.05) is 0 Å². The summed E-state index contributed by atoms with van der Waals surface area (Å²) in [4.78, 5) is 0.992. The molecule has 0 aliphatic heterocycles. The lowest BCUT2D eigenvalue weighted by atomic mass is 10.4. The Kier molecular flexibility index (Phi) is 2.24. The summed E-state index contributed by atoms with van der Waals surface area (Å²) in [5, 5.41) is 15.5. The minimum Gasteiger partial charge on any atom is -0.238 e. The van der Waals surface area contributed by atoms with Crippen LogP contribution in [0.2, 0.25) is 0 Å². The van der Waals surface area contributed by atoms with Crippen molar-refractivity contribution in [1.29, 1.82) is 0 Å². The van der Waals surface area contributed by atoms with E-state index < -0.39 is 0 Å². The number of nitrogens with zero attached hydrogens (tertiary/aromatic N) is 3. The Morgan fingerprint density at radius 2 is 2.25 bits per heavy atom. The Morgan fingerprint density at radius 1 is 1.42 bits per heavy atom. The molecule has 1 N–H and O–H groups in total. The van der Waals surface area contributed by atoms with Crippen molar-refractivity contribution < 1.29 is 0 Å². The van der Waals surface area contributed by atoms with Gasteiger partial charge in [-0.25, -0.2) is 5.10 Å².